The van der Waals surface area contributed by atoms with Gasteiger partial charge >= 0.3 is 0 Å². The molecule has 0 aromatic heterocycles. The highest BCUT2D eigenvalue weighted by Crippen LogP contribution is 2.58. The van der Waals surface area contributed by atoms with Gasteiger partial charge < -0.3 is 0 Å². The van der Waals surface area contributed by atoms with Crippen LogP contribution in [0.25, 0.3) is 0 Å². The summed E-state index contributed by atoms with van der Waals surface area (Å²) in [7, 11) is 0. The minimum Gasteiger partial charge on any atom is -0.295 e. The summed E-state index contributed by atoms with van der Waals surface area (Å²) in [6.45, 7) is 0. The topological polar surface area (TPSA) is 17.1 Å². The Morgan fingerprint density at radius 2 is 1.75 bits per heavy atom. The molecule has 1 rings (SSSR count). The van der Waals surface area contributed by atoms with E-state index in [-0.39, 0.29) is 5.78 Å². The Labute approximate surface area is 110 Å². The zero-order chi connectivity index (χ0) is 9.73. The molecular formula is C5H2Br3Cl3O. The predicted octanol–water partition coefficient (Wildman–Crippen LogP) is 3.60. The Hall–Kier alpha value is 1.98. The van der Waals surface area contributed by atoms with E-state index in [9.17, 15) is 4.79 Å². The molecule has 1 saturated carbocycles. The molecular weight excluding hydrogens is 422 g/mol. The number of rotatable bonds is 0. The molecule has 12 heavy (non-hydrogen) atoms. The van der Waals surface area contributed by atoms with Gasteiger partial charge in [0.1, 0.15) is 9.16 Å². The van der Waals surface area contributed by atoms with E-state index >= 15 is 0 Å². The molecule has 1 fully saturated rings. The normalized spacial score (nSPS) is 54.7. The number of carbonyl (C=O) groups is 1. The first-order chi connectivity index (χ1) is 5.23. The van der Waals surface area contributed by atoms with Gasteiger partial charge in [-0.1, -0.05) is 59.4 Å². The van der Waals surface area contributed by atoms with Crippen molar-refractivity contribution in [1.29, 1.82) is 0 Å². The van der Waals surface area contributed by atoms with Crippen molar-refractivity contribution in [2.45, 2.75) is 17.8 Å². The molecule has 0 aromatic rings. The number of hydrogen-bond donors (Lipinski definition) is 0. The van der Waals surface area contributed by atoms with Gasteiger partial charge in [0.05, 0.1) is 4.83 Å². The van der Waals surface area contributed by atoms with Gasteiger partial charge in [-0.25, -0.2) is 0 Å². The quantitative estimate of drug-likeness (QED) is 0.544. The van der Waals surface area contributed by atoms with E-state index in [0.29, 0.717) is 0 Å². The van der Waals surface area contributed by atoms with Crippen molar-refractivity contribution in [3.63, 3.8) is 0 Å². The first-order valence-corrected chi connectivity index (χ1v) is 6.50. The first kappa shape index (κ1) is 12.1. The van der Waals surface area contributed by atoms with Crippen LogP contribution in [0.15, 0.2) is 0 Å². The van der Waals surface area contributed by atoms with E-state index in [4.69, 9.17) is 34.8 Å². The Balaban J connectivity index is 3.14. The summed E-state index contributed by atoms with van der Waals surface area (Å²) in [6, 6.07) is 0. The summed E-state index contributed by atoms with van der Waals surface area (Å²) in [5.41, 5.74) is 0. The molecule has 0 radical (unpaired) electrons. The zero-order valence-electron chi connectivity index (χ0n) is 5.33. The van der Waals surface area contributed by atoms with Gasteiger partial charge in [0.15, 0.2) is 9.57 Å². The van der Waals surface area contributed by atoms with Crippen molar-refractivity contribution >= 4 is 88.4 Å². The van der Waals surface area contributed by atoms with Crippen LogP contribution < -0.4 is 0 Å². The Morgan fingerprint density at radius 1 is 1.33 bits per heavy atom. The maximum atomic E-state index is 11.4. The van der Waals surface area contributed by atoms with Crippen LogP contribution in [-0.2, 0) is 4.79 Å². The summed E-state index contributed by atoms with van der Waals surface area (Å²) in [4.78, 5) is 11.0. The SMILES string of the molecule is O=C1C(Cl)C(Br)C(Cl)(Br)C1(Cl)Br. The van der Waals surface area contributed by atoms with Gasteiger partial charge in [-0.05, 0) is 0 Å². The molecule has 70 valence electrons. The van der Waals surface area contributed by atoms with Crippen molar-refractivity contribution in [3.05, 3.63) is 0 Å². The Bertz CT molecular complexity index is 230. The van der Waals surface area contributed by atoms with E-state index in [0.717, 1.165) is 0 Å². The summed E-state index contributed by atoms with van der Waals surface area (Å²) < 4.78 is -2.47. The molecule has 4 atom stereocenters. The van der Waals surface area contributed by atoms with Crippen LogP contribution >= 0.6 is 82.6 Å². The zero-order valence-corrected chi connectivity index (χ0v) is 12.4. The molecule has 0 aromatic carbocycles. The fourth-order valence-corrected chi connectivity index (χ4v) is 4.01. The largest absolute Gasteiger partial charge is 0.295 e. The van der Waals surface area contributed by atoms with Crippen LogP contribution in [0.4, 0.5) is 0 Å². The van der Waals surface area contributed by atoms with E-state index in [1.165, 1.54) is 0 Å². The molecule has 0 heterocycles. The van der Waals surface area contributed by atoms with Gasteiger partial charge in [-0.2, -0.15) is 0 Å². The highest BCUT2D eigenvalue weighted by Gasteiger charge is 2.66. The van der Waals surface area contributed by atoms with Crippen LogP contribution in [0.3, 0.4) is 0 Å². The maximum absolute atomic E-state index is 11.4. The number of alkyl halides is 6. The first-order valence-electron chi connectivity index (χ1n) is 2.81. The third-order valence-corrected chi connectivity index (χ3v) is 8.62. The Kier molecular flexibility index (Phi) is 3.54. The summed E-state index contributed by atoms with van der Waals surface area (Å²) in [5, 5.41) is -0.737. The number of Topliss-reactive ketones (excluding diaryl/α,β-unsaturated/α-hetero) is 1. The summed E-state index contributed by atoms with van der Waals surface area (Å²) >= 11 is 27.0. The predicted molar refractivity (Wildman–Crippen MR) is 62.4 cm³/mol. The molecule has 0 bridgehead atoms. The molecule has 0 spiro atoms. The highest BCUT2D eigenvalue weighted by molar-refractivity contribution is 9.15. The molecule has 1 nitrogen and oxygen atoms in total. The van der Waals surface area contributed by atoms with Gasteiger partial charge in [-0.3, -0.25) is 4.79 Å². The second-order valence-corrected chi connectivity index (χ2v) is 8.34. The number of hydrogen-bond acceptors (Lipinski definition) is 1. The lowest BCUT2D eigenvalue weighted by molar-refractivity contribution is -0.117. The van der Waals surface area contributed by atoms with Crippen LogP contribution in [0, 0.1) is 0 Å². The van der Waals surface area contributed by atoms with E-state index in [1.54, 1.807) is 0 Å². The lowest BCUT2D eigenvalue weighted by atomic mass is 10.3. The molecule has 0 N–H and O–H groups in total. The number of carbonyl (C=O) groups excluding carboxylic acids is 1. The van der Waals surface area contributed by atoms with Gasteiger partial charge in [0.25, 0.3) is 0 Å². The van der Waals surface area contributed by atoms with Crippen molar-refractivity contribution in [3.8, 4) is 0 Å². The average Bonchev–Trinajstić information content (AvgIpc) is 2.05. The summed E-state index contributed by atoms with van der Waals surface area (Å²) in [6.07, 6.45) is 0. The molecule has 1 aliphatic rings. The molecule has 0 aliphatic heterocycles. The van der Waals surface area contributed by atoms with E-state index in [1.807, 2.05) is 0 Å². The lowest BCUT2D eigenvalue weighted by Crippen LogP contribution is -2.38. The third kappa shape index (κ3) is 1.50. The minimum absolute atomic E-state index is 0.348. The van der Waals surface area contributed by atoms with Crippen LogP contribution in [0.2, 0.25) is 0 Å². The minimum atomic E-state index is -1.36. The lowest BCUT2D eigenvalue weighted by Gasteiger charge is -2.26. The molecule has 0 amide bonds. The van der Waals surface area contributed by atoms with E-state index < -0.39 is 17.8 Å². The van der Waals surface area contributed by atoms with Gasteiger partial charge in [-0.15, -0.1) is 23.2 Å². The van der Waals surface area contributed by atoms with Crippen LogP contribution in [-0.4, -0.2) is 23.6 Å². The fourth-order valence-electron chi connectivity index (χ4n) is 0.827. The van der Waals surface area contributed by atoms with Crippen molar-refractivity contribution in [2.24, 2.45) is 0 Å². The van der Waals surface area contributed by atoms with Crippen LogP contribution in [0.1, 0.15) is 0 Å². The second-order valence-electron chi connectivity index (χ2n) is 2.37. The monoisotopic (exact) mass is 420 g/mol. The molecule has 4 unspecified atom stereocenters. The molecule has 1 aliphatic carbocycles. The smallest absolute Gasteiger partial charge is 0.188 e. The standard InChI is InChI=1S/C5H2Br3Cl3O/c6-2-1(9)3(12)5(8,11)4(2,7)10/h1-2H. The fraction of sp³-hybridized carbons (Fsp3) is 0.800. The maximum Gasteiger partial charge on any atom is 0.188 e. The molecule has 0 saturated heterocycles. The van der Waals surface area contributed by atoms with Crippen LogP contribution in [0.5, 0.6) is 0 Å². The summed E-state index contributed by atoms with van der Waals surface area (Å²) in [5.74, 6) is -0.348. The van der Waals surface area contributed by atoms with Gasteiger partial charge in [0, 0.05) is 0 Å². The average molecular weight is 424 g/mol. The third-order valence-electron chi connectivity index (χ3n) is 1.58. The highest BCUT2D eigenvalue weighted by atomic mass is 79.9. The Morgan fingerprint density at radius 3 is 1.83 bits per heavy atom. The van der Waals surface area contributed by atoms with Crippen molar-refractivity contribution in [2.75, 3.05) is 0 Å². The number of ketones is 1. The van der Waals surface area contributed by atoms with Crippen molar-refractivity contribution < 1.29 is 4.79 Å². The van der Waals surface area contributed by atoms with Gasteiger partial charge in [0.2, 0.25) is 0 Å². The number of halogens is 6. The molecule has 7 heteroatoms. The van der Waals surface area contributed by atoms with Crippen molar-refractivity contribution in [1.82, 2.24) is 0 Å². The second kappa shape index (κ2) is 3.53. The van der Waals surface area contributed by atoms with E-state index in [2.05, 4.69) is 47.8 Å².